The van der Waals surface area contributed by atoms with E-state index in [4.69, 9.17) is 4.52 Å². The van der Waals surface area contributed by atoms with Gasteiger partial charge in [-0.3, -0.25) is 4.67 Å². The van der Waals surface area contributed by atoms with Gasteiger partial charge in [0.25, 0.3) is 0 Å². The van der Waals surface area contributed by atoms with Crippen LogP contribution in [0.15, 0.2) is 0 Å². The average Bonchev–Trinajstić information content (AvgIpc) is 2.47. The standard InChI is InChI=1S/C9H18NOP/c1-8(2)12-10-6-4-3-5-9(10)7-11-12/h8-9H,3-7H2,1-2H3. The maximum atomic E-state index is 5.85. The van der Waals surface area contributed by atoms with E-state index in [0.717, 1.165) is 12.6 Å². The van der Waals surface area contributed by atoms with Gasteiger partial charge in [0.2, 0.25) is 0 Å². The minimum atomic E-state index is -0.228. The normalized spacial score (nSPS) is 37.2. The monoisotopic (exact) mass is 187 g/mol. The Bertz CT molecular complexity index is 163. The Morgan fingerprint density at radius 2 is 2.25 bits per heavy atom. The first kappa shape index (κ1) is 8.93. The van der Waals surface area contributed by atoms with Crippen LogP contribution in [-0.4, -0.2) is 29.5 Å². The molecule has 12 heavy (non-hydrogen) atoms. The van der Waals surface area contributed by atoms with Gasteiger partial charge in [-0.1, -0.05) is 20.3 Å². The highest BCUT2D eigenvalue weighted by molar-refractivity contribution is 7.51. The quantitative estimate of drug-likeness (QED) is 0.585. The molecule has 0 saturated carbocycles. The molecule has 2 nitrogen and oxygen atoms in total. The summed E-state index contributed by atoms with van der Waals surface area (Å²) in [6.07, 6.45) is 4.16. The number of fused-ring (bicyclic) bond motifs is 1. The Morgan fingerprint density at radius 3 is 3.00 bits per heavy atom. The molecule has 0 N–H and O–H groups in total. The fraction of sp³-hybridized carbons (Fsp3) is 1.00. The van der Waals surface area contributed by atoms with E-state index in [-0.39, 0.29) is 8.30 Å². The molecular weight excluding hydrogens is 169 g/mol. The van der Waals surface area contributed by atoms with Crippen LogP contribution in [0.5, 0.6) is 0 Å². The van der Waals surface area contributed by atoms with Gasteiger partial charge in [-0.05, 0) is 12.8 Å². The molecule has 0 aliphatic carbocycles. The molecule has 2 aliphatic rings. The van der Waals surface area contributed by atoms with Gasteiger partial charge >= 0.3 is 0 Å². The van der Waals surface area contributed by atoms with Crippen LogP contribution in [0.25, 0.3) is 0 Å². The van der Waals surface area contributed by atoms with Crippen molar-refractivity contribution in [3.05, 3.63) is 0 Å². The van der Waals surface area contributed by atoms with E-state index < -0.39 is 0 Å². The van der Waals surface area contributed by atoms with E-state index >= 15 is 0 Å². The molecular formula is C9H18NOP. The van der Waals surface area contributed by atoms with Gasteiger partial charge < -0.3 is 4.52 Å². The Morgan fingerprint density at radius 1 is 1.42 bits per heavy atom. The Labute approximate surface area is 76.2 Å². The first-order valence-electron chi connectivity index (χ1n) is 4.98. The molecule has 0 aromatic rings. The third-order valence-electron chi connectivity index (χ3n) is 2.69. The topological polar surface area (TPSA) is 12.5 Å². The molecule has 0 aromatic heterocycles. The second-order valence-corrected chi connectivity index (χ2v) is 6.41. The van der Waals surface area contributed by atoms with Crippen LogP contribution in [0.3, 0.4) is 0 Å². The minimum Gasteiger partial charge on any atom is -0.342 e. The molecule has 2 atom stereocenters. The fourth-order valence-corrected chi connectivity index (χ4v) is 4.30. The molecule has 2 saturated heterocycles. The lowest BCUT2D eigenvalue weighted by molar-refractivity contribution is 0.257. The van der Waals surface area contributed by atoms with Crippen LogP contribution < -0.4 is 0 Å². The van der Waals surface area contributed by atoms with Gasteiger partial charge in [-0.25, -0.2) is 0 Å². The molecule has 0 spiro atoms. The van der Waals surface area contributed by atoms with Crippen LogP contribution in [0.4, 0.5) is 0 Å². The first-order valence-corrected chi connectivity index (χ1v) is 6.26. The van der Waals surface area contributed by atoms with Crippen molar-refractivity contribution in [1.82, 2.24) is 4.67 Å². The summed E-state index contributed by atoms with van der Waals surface area (Å²) >= 11 is 0. The summed E-state index contributed by atoms with van der Waals surface area (Å²) < 4.78 is 8.48. The van der Waals surface area contributed by atoms with E-state index in [1.165, 1.54) is 25.8 Å². The van der Waals surface area contributed by atoms with E-state index in [9.17, 15) is 0 Å². The van der Waals surface area contributed by atoms with Crippen LogP contribution in [0.2, 0.25) is 0 Å². The van der Waals surface area contributed by atoms with Gasteiger partial charge in [-0.2, -0.15) is 0 Å². The molecule has 2 rings (SSSR count). The second-order valence-electron chi connectivity index (χ2n) is 4.00. The summed E-state index contributed by atoms with van der Waals surface area (Å²) in [5.74, 6) is 0. The molecule has 2 unspecified atom stereocenters. The zero-order chi connectivity index (χ0) is 8.55. The number of piperidine rings is 1. The van der Waals surface area contributed by atoms with Crippen molar-refractivity contribution in [3.8, 4) is 0 Å². The van der Waals surface area contributed by atoms with Crippen molar-refractivity contribution >= 4 is 8.30 Å². The molecule has 0 aromatic carbocycles. The van der Waals surface area contributed by atoms with Crippen molar-refractivity contribution in [2.24, 2.45) is 0 Å². The summed E-state index contributed by atoms with van der Waals surface area (Å²) in [7, 11) is -0.228. The Kier molecular flexibility index (Phi) is 2.69. The predicted octanol–water partition coefficient (Wildman–Crippen LogP) is 2.59. The SMILES string of the molecule is CC(C)P1OCC2CCCCN21. The van der Waals surface area contributed by atoms with Crippen LogP contribution >= 0.6 is 8.30 Å². The largest absolute Gasteiger partial charge is 0.342 e. The molecule has 2 heterocycles. The first-order chi connectivity index (χ1) is 5.79. The summed E-state index contributed by atoms with van der Waals surface area (Å²) in [5, 5.41) is 0. The molecule has 0 radical (unpaired) electrons. The number of rotatable bonds is 1. The van der Waals surface area contributed by atoms with Crippen molar-refractivity contribution in [1.29, 1.82) is 0 Å². The highest BCUT2D eigenvalue weighted by Gasteiger charge is 2.37. The minimum absolute atomic E-state index is 0.228. The van der Waals surface area contributed by atoms with Gasteiger partial charge in [0.15, 0.2) is 0 Å². The molecule has 0 amide bonds. The number of hydrogen-bond acceptors (Lipinski definition) is 2. The van der Waals surface area contributed by atoms with Crippen molar-refractivity contribution in [2.75, 3.05) is 13.2 Å². The highest BCUT2D eigenvalue weighted by Crippen LogP contribution is 2.54. The molecule has 3 heteroatoms. The zero-order valence-corrected chi connectivity index (χ0v) is 8.89. The lowest BCUT2D eigenvalue weighted by Crippen LogP contribution is -2.33. The maximum Gasteiger partial charge on any atom is 0.107 e. The van der Waals surface area contributed by atoms with Crippen molar-refractivity contribution in [3.63, 3.8) is 0 Å². The molecule has 2 aliphatic heterocycles. The number of hydrogen-bond donors (Lipinski definition) is 0. The fourth-order valence-electron chi connectivity index (χ4n) is 2.10. The van der Waals surface area contributed by atoms with E-state index in [2.05, 4.69) is 18.5 Å². The summed E-state index contributed by atoms with van der Waals surface area (Å²) in [4.78, 5) is 0. The lowest BCUT2D eigenvalue weighted by atomic mass is 10.1. The zero-order valence-electron chi connectivity index (χ0n) is 7.99. The molecule has 2 fully saturated rings. The molecule has 0 bridgehead atoms. The van der Waals surface area contributed by atoms with Crippen LogP contribution in [0.1, 0.15) is 33.1 Å². The van der Waals surface area contributed by atoms with Gasteiger partial charge in [0, 0.05) is 18.2 Å². The summed E-state index contributed by atoms with van der Waals surface area (Å²) in [6, 6.07) is 0.771. The average molecular weight is 187 g/mol. The highest BCUT2D eigenvalue weighted by atomic mass is 31.2. The van der Waals surface area contributed by atoms with E-state index in [1.807, 2.05) is 0 Å². The van der Waals surface area contributed by atoms with Gasteiger partial charge in [0.1, 0.15) is 8.30 Å². The molecule has 70 valence electrons. The van der Waals surface area contributed by atoms with Crippen LogP contribution in [-0.2, 0) is 4.52 Å². The number of nitrogens with zero attached hydrogens (tertiary/aromatic N) is 1. The maximum absolute atomic E-state index is 5.85. The van der Waals surface area contributed by atoms with Gasteiger partial charge in [0.05, 0.1) is 6.61 Å². The predicted molar refractivity (Wildman–Crippen MR) is 52.4 cm³/mol. The Hall–Kier alpha value is 0.350. The third-order valence-corrected chi connectivity index (χ3v) is 5.02. The lowest BCUT2D eigenvalue weighted by Gasteiger charge is -2.32. The summed E-state index contributed by atoms with van der Waals surface area (Å²) in [6.45, 7) is 6.85. The second kappa shape index (κ2) is 3.61. The van der Waals surface area contributed by atoms with Crippen molar-refractivity contribution in [2.45, 2.75) is 44.8 Å². The van der Waals surface area contributed by atoms with Gasteiger partial charge in [-0.15, -0.1) is 0 Å². The van der Waals surface area contributed by atoms with Crippen molar-refractivity contribution < 1.29 is 4.52 Å². The smallest absolute Gasteiger partial charge is 0.107 e. The van der Waals surface area contributed by atoms with E-state index in [1.54, 1.807) is 0 Å². The third kappa shape index (κ3) is 1.53. The van der Waals surface area contributed by atoms with Crippen LogP contribution in [0, 0.1) is 0 Å². The van der Waals surface area contributed by atoms with E-state index in [0.29, 0.717) is 5.66 Å². The summed E-state index contributed by atoms with van der Waals surface area (Å²) in [5.41, 5.74) is 0.711. The Balaban J connectivity index is 2.01.